The summed E-state index contributed by atoms with van der Waals surface area (Å²) in [6, 6.07) is 22.6. The maximum Gasteiger partial charge on any atom is 0.220 e. The molecule has 5 heteroatoms. The van der Waals surface area contributed by atoms with Gasteiger partial charge in [0.2, 0.25) is 5.79 Å². The van der Waals surface area contributed by atoms with Gasteiger partial charge in [-0.1, -0.05) is 85.2 Å². The zero-order valence-electron chi connectivity index (χ0n) is 22.0. The quantitative estimate of drug-likeness (QED) is 0.330. The second-order valence-electron chi connectivity index (χ2n) is 10.6. The maximum absolute atomic E-state index is 12.2. The Morgan fingerprint density at radius 2 is 1.81 bits per heavy atom. The third-order valence-corrected chi connectivity index (χ3v) is 8.89. The van der Waals surface area contributed by atoms with Crippen LogP contribution in [0.1, 0.15) is 61.4 Å². The lowest BCUT2D eigenvalue weighted by Gasteiger charge is -2.49. The molecule has 0 aromatic heterocycles. The van der Waals surface area contributed by atoms with Crippen molar-refractivity contribution in [3.8, 4) is 5.75 Å². The van der Waals surface area contributed by atoms with Crippen molar-refractivity contribution in [1.29, 1.82) is 0 Å². The third-order valence-electron chi connectivity index (χ3n) is 8.11. The highest BCUT2D eigenvalue weighted by Crippen LogP contribution is 2.45. The lowest BCUT2D eigenvalue weighted by Crippen LogP contribution is -2.57. The molecule has 37 heavy (non-hydrogen) atoms. The molecule has 2 aliphatic rings. The van der Waals surface area contributed by atoms with E-state index in [1.807, 2.05) is 42.5 Å². The summed E-state index contributed by atoms with van der Waals surface area (Å²) in [6.07, 6.45) is 3.13. The molecule has 5 atom stereocenters. The molecule has 0 radical (unpaired) electrons. The van der Waals surface area contributed by atoms with E-state index in [0.717, 1.165) is 59.2 Å². The number of aliphatic hydroxyl groups is 1. The van der Waals surface area contributed by atoms with Crippen LogP contribution in [0.25, 0.3) is 0 Å². The first-order chi connectivity index (χ1) is 17.9. The van der Waals surface area contributed by atoms with Gasteiger partial charge in [-0.05, 0) is 78.0 Å². The van der Waals surface area contributed by atoms with Gasteiger partial charge in [0.15, 0.2) is 0 Å². The molecule has 0 spiro atoms. The highest BCUT2D eigenvalue weighted by atomic mass is 79.9. The smallest absolute Gasteiger partial charge is 0.220 e. The largest absolute Gasteiger partial charge is 0.493 e. The van der Waals surface area contributed by atoms with Crippen LogP contribution in [0.15, 0.2) is 71.2 Å². The standard InChI is InChI=1S/C32H37BrO4/c1-4-29-21(2)22(3)31(36-20-23-9-6-5-7-10-23)32(34,37-29)27-13-14-28(33)26(19-27)18-24-12-15-30-25(17-24)11-8-16-35-30/h5-7,9-10,12-15,17,19,21-22,29,31,34H,4,8,11,16,18,20H2,1-3H3/t21?,22-,29+,31?,32?/m0/s1. The summed E-state index contributed by atoms with van der Waals surface area (Å²) < 4.78 is 19.8. The van der Waals surface area contributed by atoms with Gasteiger partial charge in [-0.3, -0.25) is 0 Å². The molecule has 2 aliphatic heterocycles. The Balaban J connectivity index is 1.46. The van der Waals surface area contributed by atoms with Crippen molar-refractivity contribution < 1.29 is 19.3 Å². The van der Waals surface area contributed by atoms with Gasteiger partial charge < -0.3 is 19.3 Å². The second kappa shape index (κ2) is 11.3. The number of fused-ring (bicyclic) bond motifs is 1. The molecule has 0 saturated carbocycles. The first-order valence-corrected chi connectivity index (χ1v) is 14.3. The van der Waals surface area contributed by atoms with E-state index < -0.39 is 11.9 Å². The minimum atomic E-state index is -1.54. The van der Waals surface area contributed by atoms with Crippen molar-refractivity contribution in [2.75, 3.05) is 6.61 Å². The summed E-state index contributed by atoms with van der Waals surface area (Å²) >= 11 is 3.75. The fraction of sp³-hybridized carbons (Fsp3) is 0.438. The molecule has 3 aromatic carbocycles. The van der Waals surface area contributed by atoms with Gasteiger partial charge in [0.25, 0.3) is 0 Å². The van der Waals surface area contributed by atoms with E-state index in [0.29, 0.717) is 6.61 Å². The van der Waals surface area contributed by atoms with Crippen molar-refractivity contribution in [2.24, 2.45) is 11.8 Å². The fourth-order valence-electron chi connectivity index (χ4n) is 5.76. The number of ether oxygens (including phenoxy) is 3. The Hall–Kier alpha value is -2.18. The summed E-state index contributed by atoms with van der Waals surface area (Å²) in [5.74, 6) is -0.167. The zero-order chi connectivity index (χ0) is 26.0. The van der Waals surface area contributed by atoms with Crippen LogP contribution in [0.3, 0.4) is 0 Å². The lowest BCUT2D eigenvalue weighted by molar-refractivity contribution is -0.346. The molecule has 0 bridgehead atoms. The van der Waals surface area contributed by atoms with Gasteiger partial charge >= 0.3 is 0 Å². The van der Waals surface area contributed by atoms with Crippen LogP contribution in [0.4, 0.5) is 0 Å². The Kier molecular flexibility index (Phi) is 8.06. The molecule has 5 rings (SSSR count). The number of halogens is 1. The molecular formula is C32H37BrO4. The molecule has 1 N–H and O–H groups in total. The van der Waals surface area contributed by atoms with E-state index in [1.54, 1.807) is 0 Å². The molecule has 1 saturated heterocycles. The van der Waals surface area contributed by atoms with Gasteiger partial charge in [0.1, 0.15) is 11.9 Å². The van der Waals surface area contributed by atoms with E-state index in [1.165, 1.54) is 11.1 Å². The Labute approximate surface area is 229 Å². The van der Waals surface area contributed by atoms with Gasteiger partial charge in [-0.25, -0.2) is 0 Å². The van der Waals surface area contributed by atoms with Crippen LogP contribution in [0.5, 0.6) is 5.75 Å². The molecule has 1 fully saturated rings. The van der Waals surface area contributed by atoms with E-state index in [2.05, 4.69) is 61.0 Å². The van der Waals surface area contributed by atoms with Crippen LogP contribution in [0, 0.1) is 11.8 Å². The van der Waals surface area contributed by atoms with Crippen molar-refractivity contribution in [3.05, 3.63) is 99.0 Å². The zero-order valence-corrected chi connectivity index (χ0v) is 23.5. The first kappa shape index (κ1) is 26.4. The van der Waals surface area contributed by atoms with Crippen LogP contribution in [0.2, 0.25) is 0 Å². The minimum Gasteiger partial charge on any atom is -0.493 e. The van der Waals surface area contributed by atoms with Crippen LogP contribution in [-0.2, 0) is 34.7 Å². The number of rotatable bonds is 7. The average molecular weight is 566 g/mol. The molecule has 2 heterocycles. The maximum atomic E-state index is 12.2. The lowest BCUT2D eigenvalue weighted by atomic mass is 9.77. The van der Waals surface area contributed by atoms with Crippen molar-refractivity contribution in [2.45, 2.75) is 71.1 Å². The van der Waals surface area contributed by atoms with Crippen molar-refractivity contribution in [1.82, 2.24) is 0 Å². The minimum absolute atomic E-state index is 0.0516. The highest BCUT2D eigenvalue weighted by molar-refractivity contribution is 9.10. The van der Waals surface area contributed by atoms with Gasteiger partial charge in [-0.2, -0.15) is 0 Å². The highest BCUT2D eigenvalue weighted by Gasteiger charge is 2.52. The summed E-state index contributed by atoms with van der Waals surface area (Å²) in [5.41, 5.74) is 5.42. The number of hydrogen-bond acceptors (Lipinski definition) is 4. The molecule has 196 valence electrons. The fourth-order valence-corrected chi connectivity index (χ4v) is 6.15. The summed E-state index contributed by atoms with van der Waals surface area (Å²) in [6.45, 7) is 7.70. The summed E-state index contributed by atoms with van der Waals surface area (Å²) in [5, 5.41) is 12.2. The van der Waals surface area contributed by atoms with Crippen molar-refractivity contribution >= 4 is 15.9 Å². The van der Waals surface area contributed by atoms with E-state index >= 15 is 0 Å². The SMILES string of the molecule is CC[C@H]1OC(O)(c2ccc(Br)c(Cc3ccc4c(c3)CCCO4)c2)C(OCc2ccccc2)[C@@H](C)C1C. The van der Waals surface area contributed by atoms with E-state index in [9.17, 15) is 5.11 Å². The predicted molar refractivity (Wildman–Crippen MR) is 150 cm³/mol. The topological polar surface area (TPSA) is 47.9 Å². The summed E-state index contributed by atoms with van der Waals surface area (Å²) in [4.78, 5) is 0. The monoisotopic (exact) mass is 564 g/mol. The van der Waals surface area contributed by atoms with Crippen LogP contribution < -0.4 is 4.74 Å². The third kappa shape index (κ3) is 5.51. The van der Waals surface area contributed by atoms with Crippen molar-refractivity contribution in [3.63, 3.8) is 0 Å². The number of hydrogen-bond donors (Lipinski definition) is 1. The van der Waals surface area contributed by atoms with E-state index in [-0.39, 0.29) is 17.9 Å². The number of benzene rings is 3. The normalized spacial score (nSPS) is 27.4. The molecular weight excluding hydrogens is 528 g/mol. The predicted octanol–water partition coefficient (Wildman–Crippen LogP) is 7.18. The average Bonchev–Trinajstić information content (AvgIpc) is 2.92. The van der Waals surface area contributed by atoms with Crippen LogP contribution in [-0.4, -0.2) is 23.9 Å². The van der Waals surface area contributed by atoms with Gasteiger partial charge in [0.05, 0.1) is 19.3 Å². The number of aryl methyl sites for hydroxylation is 1. The summed E-state index contributed by atoms with van der Waals surface area (Å²) in [7, 11) is 0. The van der Waals surface area contributed by atoms with Crippen LogP contribution >= 0.6 is 15.9 Å². The first-order valence-electron chi connectivity index (χ1n) is 13.5. The van der Waals surface area contributed by atoms with Gasteiger partial charge in [-0.15, -0.1) is 0 Å². The Morgan fingerprint density at radius 3 is 2.59 bits per heavy atom. The molecule has 0 aliphatic carbocycles. The van der Waals surface area contributed by atoms with E-state index in [4.69, 9.17) is 14.2 Å². The Morgan fingerprint density at radius 1 is 1.00 bits per heavy atom. The Bertz CT molecular complexity index is 1210. The molecule has 4 nitrogen and oxygen atoms in total. The molecule has 3 unspecified atom stereocenters. The molecule has 3 aromatic rings. The van der Waals surface area contributed by atoms with Gasteiger partial charge in [0, 0.05) is 10.0 Å². The molecule has 0 amide bonds. The second-order valence-corrected chi connectivity index (χ2v) is 11.4.